The number of primary amides is 2. The number of hydrogen-bond donors (Lipinski definition) is 3. The Bertz CT molecular complexity index is 767. The molecule has 114 valence electrons. The number of benzene rings is 1. The molecular formula is C16H17N3O2S. The largest absolute Gasteiger partial charge is 0.365 e. The molecule has 1 heterocycles. The second-order valence-electron chi connectivity index (χ2n) is 5.49. The molecule has 3 amide bonds. The Balaban J connectivity index is 2.25. The smallest absolute Gasteiger partial charge is 0.317 e. The molecule has 3 rings (SSSR count). The average molecular weight is 315 g/mol. The molecule has 0 bridgehead atoms. The van der Waals surface area contributed by atoms with E-state index in [1.54, 1.807) is 0 Å². The van der Waals surface area contributed by atoms with E-state index in [0.717, 1.165) is 28.8 Å². The van der Waals surface area contributed by atoms with Gasteiger partial charge in [-0.05, 0) is 35.4 Å². The highest BCUT2D eigenvalue weighted by molar-refractivity contribution is 7.20. The molecule has 6 heteroatoms. The van der Waals surface area contributed by atoms with E-state index in [0.29, 0.717) is 16.5 Å². The van der Waals surface area contributed by atoms with Crippen LogP contribution in [-0.2, 0) is 6.42 Å². The summed E-state index contributed by atoms with van der Waals surface area (Å²) in [6, 6.07) is 7.46. The van der Waals surface area contributed by atoms with Crippen LogP contribution < -0.4 is 16.8 Å². The van der Waals surface area contributed by atoms with Gasteiger partial charge in [-0.2, -0.15) is 0 Å². The third kappa shape index (κ3) is 2.35. The minimum absolute atomic E-state index is 0.391. The lowest BCUT2D eigenvalue weighted by Crippen LogP contribution is -2.22. The zero-order chi connectivity index (χ0) is 15.9. The van der Waals surface area contributed by atoms with E-state index < -0.39 is 11.9 Å². The van der Waals surface area contributed by atoms with E-state index in [9.17, 15) is 9.59 Å². The van der Waals surface area contributed by atoms with Gasteiger partial charge in [0.05, 0.1) is 5.56 Å². The third-order valence-corrected chi connectivity index (χ3v) is 5.23. The first-order valence-electron chi connectivity index (χ1n) is 7.10. The van der Waals surface area contributed by atoms with E-state index in [1.165, 1.54) is 16.9 Å². The summed E-state index contributed by atoms with van der Waals surface area (Å²) in [4.78, 5) is 24.1. The molecule has 0 saturated heterocycles. The van der Waals surface area contributed by atoms with Crippen LogP contribution in [0.25, 0.3) is 10.4 Å². The Kier molecular flexibility index (Phi) is 3.62. The standard InChI is InChI=1S/C16H17N3O2S/c1-8-6-7-11-12(14(17)20)15(19-16(18)21)22-13(11)10-5-3-2-4-9(8)10/h2-5,8H,6-7H2,1H3,(H2,17,20)(H3,18,19,21). The van der Waals surface area contributed by atoms with Gasteiger partial charge < -0.3 is 11.5 Å². The summed E-state index contributed by atoms with van der Waals surface area (Å²) in [7, 11) is 0. The molecule has 5 N–H and O–H groups in total. The molecule has 0 saturated carbocycles. The number of amides is 3. The van der Waals surface area contributed by atoms with Crippen molar-refractivity contribution in [2.24, 2.45) is 11.5 Å². The monoisotopic (exact) mass is 315 g/mol. The van der Waals surface area contributed by atoms with Gasteiger partial charge >= 0.3 is 6.03 Å². The first-order valence-corrected chi connectivity index (χ1v) is 7.92. The maximum Gasteiger partial charge on any atom is 0.317 e. The summed E-state index contributed by atoms with van der Waals surface area (Å²) in [5, 5.41) is 2.97. The van der Waals surface area contributed by atoms with Crippen molar-refractivity contribution in [3.63, 3.8) is 0 Å². The van der Waals surface area contributed by atoms with E-state index in [2.05, 4.69) is 18.3 Å². The van der Waals surface area contributed by atoms with Gasteiger partial charge in [0.2, 0.25) is 0 Å². The van der Waals surface area contributed by atoms with Gasteiger partial charge in [0.25, 0.3) is 5.91 Å². The molecule has 1 aromatic carbocycles. The maximum absolute atomic E-state index is 11.9. The van der Waals surface area contributed by atoms with Crippen molar-refractivity contribution in [2.75, 3.05) is 5.32 Å². The molecule has 1 atom stereocenters. The highest BCUT2D eigenvalue weighted by Crippen LogP contribution is 2.46. The Morgan fingerprint density at radius 3 is 2.68 bits per heavy atom. The van der Waals surface area contributed by atoms with Crippen molar-refractivity contribution in [2.45, 2.75) is 25.7 Å². The summed E-state index contributed by atoms with van der Waals surface area (Å²) in [6.07, 6.45) is 1.68. The minimum Gasteiger partial charge on any atom is -0.365 e. The number of nitrogens with two attached hydrogens (primary N) is 2. The van der Waals surface area contributed by atoms with Gasteiger partial charge in [-0.25, -0.2) is 4.79 Å². The molecule has 1 aromatic heterocycles. The molecule has 5 nitrogen and oxygen atoms in total. The normalized spacial score (nSPS) is 16.3. The van der Waals surface area contributed by atoms with Gasteiger partial charge in [0, 0.05) is 4.88 Å². The summed E-state index contributed by atoms with van der Waals surface area (Å²) in [6.45, 7) is 2.18. The highest BCUT2D eigenvalue weighted by Gasteiger charge is 2.28. The summed E-state index contributed by atoms with van der Waals surface area (Å²) in [5.41, 5.74) is 14.4. The molecule has 22 heavy (non-hydrogen) atoms. The molecule has 1 aliphatic carbocycles. The zero-order valence-electron chi connectivity index (χ0n) is 12.2. The van der Waals surface area contributed by atoms with Gasteiger partial charge in [-0.1, -0.05) is 31.2 Å². The van der Waals surface area contributed by atoms with Crippen LogP contribution >= 0.6 is 11.3 Å². The fraction of sp³-hybridized carbons (Fsp3) is 0.250. The Hall–Kier alpha value is -2.34. The number of carbonyl (C=O) groups is 2. The van der Waals surface area contributed by atoms with Crippen molar-refractivity contribution in [3.8, 4) is 10.4 Å². The lowest BCUT2D eigenvalue weighted by molar-refractivity contribution is 0.100. The van der Waals surface area contributed by atoms with Crippen molar-refractivity contribution < 1.29 is 9.59 Å². The number of carbonyl (C=O) groups excluding carboxylic acids is 2. The highest BCUT2D eigenvalue weighted by atomic mass is 32.1. The third-order valence-electron chi connectivity index (χ3n) is 4.05. The number of urea groups is 1. The Labute approximate surface area is 132 Å². The molecular weight excluding hydrogens is 298 g/mol. The molecule has 2 aromatic rings. The summed E-state index contributed by atoms with van der Waals surface area (Å²) < 4.78 is 0. The van der Waals surface area contributed by atoms with Crippen LogP contribution in [0.15, 0.2) is 24.3 Å². The van der Waals surface area contributed by atoms with Crippen LogP contribution in [0.4, 0.5) is 9.80 Å². The molecule has 1 unspecified atom stereocenters. The second kappa shape index (κ2) is 5.46. The maximum atomic E-state index is 11.9. The number of nitrogens with one attached hydrogen (secondary N) is 1. The predicted molar refractivity (Wildman–Crippen MR) is 88.2 cm³/mol. The summed E-state index contributed by atoms with van der Waals surface area (Å²) in [5.74, 6) is -0.127. The fourth-order valence-corrected chi connectivity index (χ4v) is 4.34. The molecule has 0 spiro atoms. The van der Waals surface area contributed by atoms with Gasteiger partial charge in [0.15, 0.2) is 0 Å². The second-order valence-corrected chi connectivity index (χ2v) is 6.51. The van der Waals surface area contributed by atoms with Crippen LogP contribution in [0, 0.1) is 0 Å². The van der Waals surface area contributed by atoms with Crippen molar-refractivity contribution in [1.82, 2.24) is 0 Å². The first kappa shape index (κ1) is 14.6. The van der Waals surface area contributed by atoms with E-state index in [1.807, 2.05) is 18.2 Å². The molecule has 0 fully saturated rings. The fourth-order valence-electron chi connectivity index (χ4n) is 3.03. The number of rotatable bonds is 2. The quantitative estimate of drug-likeness (QED) is 0.793. The number of anilines is 1. The zero-order valence-corrected chi connectivity index (χ0v) is 13.0. The van der Waals surface area contributed by atoms with Gasteiger partial charge in [-0.3, -0.25) is 10.1 Å². The molecule has 1 aliphatic rings. The lowest BCUT2D eigenvalue weighted by atomic mass is 9.94. The van der Waals surface area contributed by atoms with Crippen LogP contribution in [0.3, 0.4) is 0 Å². The van der Waals surface area contributed by atoms with E-state index >= 15 is 0 Å². The van der Waals surface area contributed by atoms with E-state index in [4.69, 9.17) is 11.5 Å². The van der Waals surface area contributed by atoms with Crippen molar-refractivity contribution in [1.29, 1.82) is 0 Å². The van der Waals surface area contributed by atoms with Crippen LogP contribution in [0.5, 0.6) is 0 Å². The minimum atomic E-state index is -0.694. The SMILES string of the molecule is CC1CCc2c(sc(NC(N)=O)c2C(N)=O)-c2ccccc21. The first-order chi connectivity index (χ1) is 10.5. The van der Waals surface area contributed by atoms with Crippen LogP contribution in [-0.4, -0.2) is 11.9 Å². The number of fused-ring (bicyclic) bond motifs is 3. The van der Waals surface area contributed by atoms with Crippen LogP contribution in [0.1, 0.15) is 40.7 Å². The Morgan fingerprint density at radius 2 is 2.00 bits per heavy atom. The molecule has 0 aliphatic heterocycles. The summed E-state index contributed by atoms with van der Waals surface area (Å²) >= 11 is 1.36. The topological polar surface area (TPSA) is 98.2 Å². The van der Waals surface area contributed by atoms with Gasteiger partial charge in [-0.15, -0.1) is 11.3 Å². The lowest BCUT2D eigenvalue weighted by Gasteiger charge is -2.11. The number of thiophene rings is 1. The van der Waals surface area contributed by atoms with E-state index in [-0.39, 0.29) is 0 Å². The van der Waals surface area contributed by atoms with Crippen molar-refractivity contribution >= 4 is 28.3 Å². The van der Waals surface area contributed by atoms with Crippen molar-refractivity contribution in [3.05, 3.63) is 41.0 Å². The predicted octanol–water partition coefficient (Wildman–Crippen LogP) is 3.05. The van der Waals surface area contributed by atoms with Crippen LogP contribution in [0.2, 0.25) is 0 Å². The van der Waals surface area contributed by atoms with Gasteiger partial charge in [0.1, 0.15) is 5.00 Å². The number of hydrogen-bond acceptors (Lipinski definition) is 3. The Morgan fingerprint density at radius 1 is 1.27 bits per heavy atom. The average Bonchev–Trinajstić information content (AvgIpc) is 2.76. The molecule has 0 radical (unpaired) electrons.